The van der Waals surface area contributed by atoms with Crippen molar-refractivity contribution in [1.29, 1.82) is 0 Å². The summed E-state index contributed by atoms with van der Waals surface area (Å²) < 4.78 is 5.91. The fraction of sp³-hybridized carbons (Fsp3) is 0.471. The third-order valence-electron chi connectivity index (χ3n) is 5.54. The molecule has 5 N–H and O–H groups in total. The van der Waals surface area contributed by atoms with Crippen LogP contribution in [0.1, 0.15) is 25.0 Å². The maximum atomic E-state index is 13.0. The molecule has 4 amide bonds. The summed E-state index contributed by atoms with van der Waals surface area (Å²) >= 11 is 0. The second kappa shape index (κ2) is 6.16. The molecule has 0 unspecified atom stereocenters. The van der Waals surface area contributed by atoms with E-state index in [0.717, 1.165) is 0 Å². The molecule has 0 bridgehead atoms. The van der Waals surface area contributed by atoms with Gasteiger partial charge < -0.3 is 20.6 Å². The highest BCUT2D eigenvalue weighted by Crippen LogP contribution is 2.45. The Labute approximate surface area is 159 Å². The van der Waals surface area contributed by atoms with E-state index in [1.165, 1.54) is 6.20 Å². The lowest BCUT2D eigenvalue weighted by Crippen LogP contribution is -2.75. The molecule has 2 fully saturated rings. The van der Waals surface area contributed by atoms with E-state index in [0.29, 0.717) is 23.5 Å². The third kappa shape index (κ3) is 2.43. The minimum atomic E-state index is -1.58. The topological polar surface area (TPSA) is 159 Å². The summed E-state index contributed by atoms with van der Waals surface area (Å²) in [7, 11) is 0. The van der Waals surface area contributed by atoms with Gasteiger partial charge in [-0.1, -0.05) is 5.16 Å². The molecule has 3 atom stereocenters. The first-order valence-electron chi connectivity index (χ1n) is 8.83. The Morgan fingerprint density at radius 3 is 2.68 bits per heavy atom. The smallest absolute Gasteiger partial charge is 0.328 e. The van der Waals surface area contributed by atoms with E-state index in [-0.39, 0.29) is 18.4 Å². The number of barbiturate groups is 1. The van der Waals surface area contributed by atoms with Crippen molar-refractivity contribution in [2.45, 2.75) is 38.5 Å². The van der Waals surface area contributed by atoms with Gasteiger partial charge in [0.05, 0.1) is 18.2 Å². The SMILES string of the molecule is C[C@@H]1CN2c3ncc(C(N)=NO)cc3CC3(C(=O)NC(=O)NC3=O)[C@H]2[C@H](C)O1. The van der Waals surface area contributed by atoms with Gasteiger partial charge in [-0.15, -0.1) is 0 Å². The number of morpholine rings is 1. The summed E-state index contributed by atoms with van der Waals surface area (Å²) in [5.74, 6) is -0.894. The van der Waals surface area contributed by atoms with Crippen LogP contribution in [0.15, 0.2) is 17.4 Å². The Hall–Kier alpha value is -3.21. The number of pyridine rings is 1. The van der Waals surface area contributed by atoms with Crippen molar-refractivity contribution in [3.8, 4) is 0 Å². The molecule has 148 valence electrons. The fourth-order valence-electron chi connectivity index (χ4n) is 4.50. The normalized spacial score (nSPS) is 29.1. The van der Waals surface area contributed by atoms with Crippen LogP contribution in [-0.4, -0.2) is 58.7 Å². The van der Waals surface area contributed by atoms with Crippen LogP contribution in [0.2, 0.25) is 0 Å². The summed E-state index contributed by atoms with van der Waals surface area (Å²) in [6, 6.07) is 0.141. The van der Waals surface area contributed by atoms with Gasteiger partial charge in [-0.2, -0.15) is 0 Å². The summed E-state index contributed by atoms with van der Waals surface area (Å²) in [4.78, 5) is 43.9. The number of fused-ring (bicyclic) bond motifs is 4. The van der Waals surface area contributed by atoms with Gasteiger partial charge in [0, 0.05) is 24.7 Å². The highest BCUT2D eigenvalue weighted by molar-refractivity contribution is 6.20. The molecule has 3 aliphatic heterocycles. The number of rotatable bonds is 1. The van der Waals surface area contributed by atoms with Gasteiger partial charge in [0.15, 0.2) is 11.3 Å². The molecular weight excluding hydrogens is 368 g/mol. The minimum Gasteiger partial charge on any atom is -0.409 e. The lowest BCUT2D eigenvalue weighted by Gasteiger charge is -2.54. The summed E-state index contributed by atoms with van der Waals surface area (Å²) in [6.45, 7) is 4.10. The molecule has 3 aliphatic rings. The molecule has 1 aromatic heterocycles. The molecule has 11 heteroatoms. The van der Waals surface area contributed by atoms with Gasteiger partial charge in [-0.25, -0.2) is 9.78 Å². The first-order chi connectivity index (χ1) is 13.3. The van der Waals surface area contributed by atoms with Gasteiger partial charge in [0.25, 0.3) is 0 Å². The number of oxime groups is 1. The van der Waals surface area contributed by atoms with E-state index in [1.54, 1.807) is 13.0 Å². The van der Waals surface area contributed by atoms with Gasteiger partial charge in [0.2, 0.25) is 11.8 Å². The molecule has 4 heterocycles. The summed E-state index contributed by atoms with van der Waals surface area (Å²) in [5, 5.41) is 16.3. The average molecular weight is 388 g/mol. The van der Waals surface area contributed by atoms with Gasteiger partial charge in [-0.3, -0.25) is 20.2 Å². The number of anilines is 1. The Kier molecular flexibility index (Phi) is 4.00. The molecular formula is C17H20N6O5. The standard InChI is InChI=1S/C17H20N6O5/c1-7-6-23-11(8(2)28-7)17(14(24)20-16(26)21-15(17)25)4-9-3-10(12(18)22-27)5-19-13(9)23/h3,5,7-8,11,27H,4,6H2,1-2H3,(H2,18,22)(H2,20,21,24,25,26)/t7-,8+,11-/m1/s1. The van der Waals surface area contributed by atoms with Crippen LogP contribution in [-0.2, 0) is 20.7 Å². The molecule has 0 radical (unpaired) electrons. The second-order valence-corrected chi connectivity index (χ2v) is 7.33. The molecule has 0 aliphatic carbocycles. The van der Waals surface area contributed by atoms with Crippen molar-refractivity contribution in [3.63, 3.8) is 0 Å². The minimum absolute atomic E-state index is 0.00389. The zero-order valence-corrected chi connectivity index (χ0v) is 15.3. The van der Waals surface area contributed by atoms with Crippen molar-refractivity contribution < 1.29 is 24.3 Å². The molecule has 0 aromatic carbocycles. The van der Waals surface area contributed by atoms with Crippen molar-refractivity contribution in [3.05, 3.63) is 23.4 Å². The number of hydrogen-bond donors (Lipinski definition) is 4. The number of nitrogens with one attached hydrogen (secondary N) is 2. The Morgan fingerprint density at radius 2 is 2.04 bits per heavy atom. The largest absolute Gasteiger partial charge is 0.409 e. The number of urea groups is 1. The number of carbonyl (C=O) groups is 3. The van der Waals surface area contributed by atoms with Crippen LogP contribution in [0.5, 0.6) is 0 Å². The lowest BCUT2D eigenvalue weighted by atomic mass is 9.67. The van der Waals surface area contributed by atoms with E-state index < -0.39 is 35.4 Å². The van der Waals surface area contributed by atoms with Crippen molar-refractivity contribution in [2.75, 3.05) is 11.4 Å². The van der Waals surface area contributed by atoms with Crippen LogP contribution >= 0.6 is 0 Å². The van der Waals surface area contributed by atoms with E-state index in [9.17, 15) is 14.4 Å². The monoisotopic (exact) mass is 388 g/mol. The third-order valence-corrected chi connectivity index (χ3v) is 5.54. The van der Waals surface area contributed by atoms with Crippen molar-refractivity contribution in [1.82, 2.24) is 15.6 Å². The fourth-order valence-corrected chi connectivity index (χ4v) is 4.50. The van der Waals surface area contributed by atoms with Crippen LogP contribution in [0, 0.1) is 5.41 Å². The molecule has 2 saturated heterocycles. The Morgan fingerprint density at radius 1 is 1.36 bits per heavy atom. The van der Waals surface area contributed by atoms with Crippen molar-refractivity contribution in [2.24, 2.45) is 16.3 Å². The first-order valence-corrected chi connectivity index (χ1v) is 8.83. The highest BCUT2D eigenvalue weighted by Gasteiger charge is 2.63. The van der Waals surface area contributed by atoms with E-state index in [1.807, 2.05) is 11.8 Å². The van der Waals surface area contributed by atoms with Gasteiger partial charge in [0.1, 0.15) is 5.82 Å². The molecule has 4 rings (SSSR count). The average Bonchev–Trinajstić information content (AvgIpc) is 2.64. The Balaban J connectivity index is 1.91. The van der Waals surface area contributed by atoms with Gasteiger partial charge in [-0.05, 0) is 25.5 Å². The van der Waals surface area contributed by atoms with Crippen LogP contribution in [0.25, 0.3) is 0 Å². The van der Waals surface area contributed by atoms with Gasteiger partial charge >= 0.3 is 6.03 Å². The highest BCUT2D eigenvalue weighted by atomic mass is 16.5. The molecule has 0 saturated carbocycles. The lowest BCUT2D eigenvalue weighted by molar-refractivity contribution is -0.153. The number of amidine groups is 1. The second-order valence-electron chi connectivity index (χ2n) is 7.33. The number of amides is 4. The maximum absolute atomic E-state index is 13.0. The van der Waals surface area contributed by atoms with E-state index in [2.05, 4.69) is 20.8 Å². The molecule has 11 nitrogen and oxygen atoms in total. The van der Waals surface area contributed by atoms with Crippen LogP contribution < -0.4 is 21.3 Å². The summed E-state index contributed by atoms with van der Waals surface area (Å²) in [6.07, 6.45) is 0.845. The van der Waals surface area contributed by atoms with Crippen LogP contribution in [0.3, 0.4) is 0 Å². The Bertz CT molecular complexity index is 895. The number of nitrogens with zero attached hydrogens (tertiary/aromatic N) is 3. The zero-order chi connectivity index (χ0) is 20.2. The van der Waals surface area contributed by atoms with E-state index >= 15 is 0 Å². The van der Waals surface area contributed by atoms with E-state index in [4.69, 9.17) is 15.7 Å². The van der Waals surface area contributed by atoms with Crippen LogP contribution in [0.4, 0.5) is 10.6 Å². The number of nitrogens with two attached hydrogens (primary N) is 1. The maximum Gasteiger partial charge on any atom is 0.328 e. The molecule has 1 aromatic rings. The number of imide groups is 2. The summed E-state index contributed by atoms with van der Waals surface area (Å²) in [5.41, 5.74) is 5.03. The quantitative estimate of drug-likeness (QED) is 0.158. The molecule has 1 spiro atoms. The number of ether oxygens (including phenoxy) is 1. The predicted molar refractivity (Wildman–Crippen MR) is 95.7 cm³/mol. The zero-order valence-electron chi connectivity index (χ0n) is 15.3. The number of aromatic nitrogens is 1. The predicted octanol–water partition coefficient (Wildman–Crippen LogP) is -0.933. The number of hydrogen-bond acceptors (Lipinski definition) is 8. The van der Waals surface area contributed by atoms with Crippen molar-refractivity contribution >= 4 is 29.5 Å². The first kappa shape index (κ1) is 18.2. The number of carbonyl (C=O) groups excluding carboxylic acids is 3. The molecule has 28 heavy (non-hydrogen) atoms.